The number of nitrogens with two attached hydrogens (primary N) is 1. The average Bonchev–Trinajstić information content (AvgIpc) is 2.28. The van der Waals surface area contributed by atoms with Crippen LogP contribution in [0.5, 0.6) is 5.75 Å². The SMILES string of the molecule is CCOCCCOc1cc(C)ccc1[C@H](C)N. The lowest BCUT2D eigenvalue weighted by atomic mass is 10.1. The molecule has 0 unspecified atom stereocenters. The standard InChI is InChI=1S/C14H23NO2/c1-4-16-8-5-9-17-14-10-11(2)6-7-13(14)12(3)15/h6-7,10,12H,4-5,8-9,15H2,1-3H3/t12-/m0/s1. The van der Waals surface area contributed by atoms with Crippen molar-refractivity contribution >= 4 is 0 Å². The Morgan fingerprint density at radius 3 is 2.71 bits per heavy atom. The van der Waals surface area contributed by atoms with E-state index in [2.05, 4.69) is 13.0 Å². The molecule has 0 saturated heterocycles. The molecule has 0 heterocycles. The number of aryl methyl sites for hydroxylation is 1. The Morgan fingerprint density at radius 2 is 2.06 bits per heavy atom. The molecule has 1 atom stereocenters. The van der Waals surface area contributed by atoms with Crippen LogP contribution in [0.1, 0.15) is 37.4 Å². The van der Waals surface area contributed by atoms with Gasteiger partial charge in [-0.25, -0.2) is 0 Å². The van der Waals surface area contributed by atoms with Crippen LogP contribution >= 0.6 is 0 Å². The van der Waals surface area contributed by atoms with Crippen molar-refractivity contribution in [1.82, 2.24) is 0 Å². The number of rotatable bonds is 7. The van der Waals surface area contributed by atoms with Crippen molar-refractivity contribution in [1.29, 1.82) is 0 Å². The average molecular weight is 237 g/mol. The van der Waals surface area contributed by atoms with Gasteiger partial charge >= 0.3 is 0 Å². The molecular formula is C14H23NO2. The number of hydrogen-bond donors (Lipinski definition) is 1. The number of hydrogen-bond acceptors (Lipinski definition) is 3. The van der Waals surface area contributed by atoms with E-state index in [-0.39, 0.29) is 6.04 Å². The van der Waals surface area contributed by atoms with E-state index in [0.717, 1.165) is 30.9 Å². The zero-order valence-corrected chi connectivity index (χ0v) is 11.0. The summed E-state index contributed by atoms with van der Waals surface area (Å²) in [5, 5.41) is 0. The molecule has 1 rings (SSSR count). The zero-order chi connectivity index (χ0) is 12.7. The van der Waals surface area contributed by atoms with E-state index in [1.165, 1.54) is 5.56 Å². The van der Waals surface area contributed by atoms with Crippen LogP contribution in [0.15, 0.2) is 18.2 Å². The van der Waals surface area contributed by atoms with Crippen LogP contribution in [-0.4, -0.2) is 19.8 Å². The minimum absolute atomic E-state index is 0.00232. The fourth-order valence-electron chi connectivity index (χ4n) is 1.63. The summed E-state index contributed by atoms with van der Waals surface area (Å²) >= 11 is 0. The third-order valence-electron chi connectivity index (χ3n) is 2.55. The molecule has 0 aliphatic rings. The molecule has 2 N–H and O–H groups in total. The van der Waals surface area contributed by atoms with Gasteiger partial charge in [0.1, 0.15) is 5.75 Å². The molecule has 1 aromatic carbocycles. The van der Waals surface area contributed by atoms with Crippen LogP contribution in [0.3, 0.4) is 0 Å². The van der Waals surface area contributed by atoms with Gasteiger partial charge in [-0.3, -0.25) is 0 Å². The Balaban J connectivity index is 2.53. The van der Waals surface area contributed by atoms with E-state index in [1.807, 2.05) is 26.0 Å². The van der Waals surface area contributed by atoms with E-state index in [1.54, 1.807) is 0 Å². The van der Waals surface area contributed by atoms with Crippen LogP contribution in [0.2, 0.25) is 0 Å². The highest BCUT2D eigenvalue weighted by Gasteiger charge is 2.07. The van der Waals surface area contributed by atoms with Crippen molar-refractivity contribution < 1.29 is 9.47 Å². The zero-order valence-electron chi connectivity index (χ0n) is 11.0. The molecule has 0 spiro atoms. The molecule has 0 saturated carbocycles. The van der Waals surface area contributed by atoms with Crippen LogP contribution in [-0.2, 0) is 4.74 Å². The largest absolute Gasteiger partial charge is 0.493 e. The lowest BCUT2D eigenvalue weighted by Crippen LogP contribution is -2.10. The Hall–Kier alpha value is -1.06. The first-order valence-electron chi connectivity index (χ1n) is 6.21. The van der Waals surface area contributed by atoms with Crippen LogP contribution in [0, 0.1) is 6.92 Å². The summed E-state index contributed by atoms with van der Waals surface area (Å²) < 4.78 is 11.0. The van der Waals surface area contributed by atoms with Crippen LogP contribution in [0.4, 0.5) is 0 Å². The van der Waals surface area contributed by atoms with Crippen molar-refractivity contribution in [3.63, 3.8) is 0 Å². The van der Waals surface area contributed by atoms with E-state index < -0.39 is 0 Å². The second kappa shape index (κ2) is 7.30. The van der Waals surface area contributed by atoms with Gasteiger partial charge in [-0.2, -0.15) is 0 Å². The first-order chi connectivity index (χ1) is 8.15. The van der Waals surface area contributed by atoms with E-state index >= 15 is 0 Å². The van der Waals surface area contributed by atoms with Gasteiger partial charge in [-0.05, 0) is 32.4 Å². The molecule has 3 nitrogen and oxygen atoms in total. The molecule has 0 fully saturated rings. The number of ether oxygens (including phenoxy) is 2. The van der Waals surface area contributed by atoms with Crippen molar-refractivity contribution in [2.45, 2.75) is 33.2 Å². The number of benzene rings is 1. The smallest absolute Gasteiger partial charge is 0.124 e. The maximum Gasteiger partial charge on any atom is 0.124 e. The second-order valence-electron chi connectivity index (χ2n) is 4.23. The van der Waals surface area contributed by atoms with Gasteiger partial charge in [0.05, 0.1) is 6.61 Å². The Bertz CT molecular complexity index is 337. The highest BCUT2D eigenvalue weighted by atomic mass is 16.5. The van der Waals surface area contributed by atoms with Gasteiger partial charge in [0.25, 0.3) is 0 Å². The van der Waals surface area contributed by atoms with E-state index in [4.69, 9.17) is 15.2 Å². The summed E-state index contributed by atoms with van der Waals surface area (Å²) in [7, 11) is 0. The van der Waals surface area contributed by atoms with Crippen molar-refractivity contribution in [2.75, 3.05) is 19.8 Å². The summed E-state index contributed by atoms with van der Waals surface area (Å²) in [5.41, 5.74) is 8.16. The summed E-state index contributed by atoms with van der Waals surface area (Å²) in [5.74, 6) is 0.900. The van der Waals surface area contributed by atoms with Crippen molar-refractivity contribution in [3.8, 4) is 5.75 Å². The molecule has 0 radical (unpaired) electrons. The lowest BCUT2D eigenvalue weighted by Gasteiger charge is -2.14. The normalized spacial score (nSPS) is 12.5. The van der Waals surface area contributed by atoms with Gasteiger partial charge in [0.15, 0.2) is 0 Å². The van der Waals surface area contributed by atoms with E-state index in [0.29, 0.717) is 6.61 Å². The molecule has 17 heavy (non-hydrogen) atoms. The summed E-state index contributed by atoms with van der Waals surface area (Å²) in [6, 6.07) is 6.14. The molecular weight excluding hydrogens is 214 g/mol. The Morgan fingerprint density at radius 1 is 1.29 bits per heavy atom. The fraction of sp³-hybridized carbons (Fsp3) is 0.571. The quantitative estimate of drug-likeness (QED) is 0.742. The lowest BCUT2D eigenvalue weighted by molar-refractivity contribution is 0.130. The molecule has 0 aliphatic heterocycles. The molecule has 0 aromatic heterocycles. The van der Waals surface area contributed by atoms with Crippen molar-refractivity contribution in [3.05, 3.63) is 29.3 Å². The predicted molar refractivity (Wildman–Crippen MR) is 70.4 cm³/mol. The van der Waals surface area contributed by atoms with Crippen LogP contribution in [0.25, 0.3) is 0 Å². The molecule has 0 amide bonds. The molecule has 3 heteroatoms. The molecule has 0 aliphatic carbocycles. The summed E-state index contributed by atoms with van der Waals surface area (Å²) in [4.78, 5) is 0. The minimum atomic E-state index is -0.00232. The van der Waals surface area contributed by atoms with E-state index in [9.17, 15) is 0 Å². The third-order valence-corrected chi connectivity index (χ3v) is 2.55. The van der Waals surface area contributed by atoms with Crippen molar-refractivity contribution in [2.24, 2.45) is 5.73 Å². The predicted octanol–water partition coefficient (Wildman–Crippen LogP) is 2.82. The maximum atomic E-state index is 5.91. The minimum Gasteiger partial charge on any atom is -0.493 e. The first kappa shape index (κ1) is 14.0. The van der Waals surface area contributed by atoms with Gasteiger partial charge in [0, 0.05) is 31.2 Å². The van der Waals surface area contributed by atoms with Gasteiger partial charge in [-0.1, -0.05) is 12.1 Å². The van der Waals surface area contributed by atoms with Gasteiger partial charge < -0.3 is 15.2 Å². The molecule has 1 aromatic rings. The molecule has 96 valence electrons. The Kier molecular flexibility index (Phi) is 6.01. The highest BCUT2D eigenvalue weighted by molar-refractivity contribution is 5.38. The monoisotopic (exact) mass is 237 g/mol. The van der Waals surface area contributed by atoms with Crippen LogP contribution < -0.4 is 10.5 Å². The highest BCUT2D eigenvalue weighted by Crippen LogP contribution is 2.25. The fourth-order valence-corrected chi connectivity index (χ4v) is 1.63. The topological polar surface area (TPSA) is 44.5 Å². The third kappa shape index (κ3) is 4.75. The summed E-state index contributed by atoms with van der Waals surface area (Å²) in [6.07, 6.45) is 0.903. The maximum absolute atomic E-state index is 5.91. The second-order valence-corrected chi connectivity index (χ2v) is 4.23. The first-order valence-corrected chi connectivity index (χ1v) is 6.21. The van der Waals surface area contributed by atoms with Gasteiger partial charge in [-0.15, -0.1) is 0 Å². The summed E-state index contributed by atoms with van der Waals surface area (Å²) in [6.45, 7) is 8.19. The molecule has 0 bridgehead atoms. The van der Waals surface area contributed by atoms with Gasteiger partial charge in [0.2, 0.25) is 0 Å². The Labute approximate surface area is 104 Å².